The maximum atomic E-state index is 12.2. The Bertz CT molecular complexity index is 748. The highest BCUT2D eigenvalue weighted by Gasteiger charge is 2.23. The molecule has 0 spiro atoms. The molecule has 0 aliphatic rings. The van der Waals surface area contributed by atoms with Crippen molar-refractivity contribution in [1.29, 1.82) is 0 Å². The van der Waals surface area contributed by atoms with Crippen LogP contribution in [0.1, 0.15) is 32.1 Å². The van der Waals surface area contributed by atoms with Crippen LogP contribution in [0.5, 0.6) is 11.5 Å². The summed E-state index contributed by atoms with van der Waals surface area (Å²) in [5.41, 5.74) is 1.66. The van der Waals surface area contributed by atoms with Crippen LogP contribution in [0, 0.1) is 13.8 Å². The second-order valence-corrected chi connectivity index (χ2v) is 5.28. The molecule has 0 saturated carbocycles. The fourth-order valence-corrected chi connectivity index (χ4v) is 2.40. The monoisotopic (exact) mass is 347 g/mol. The van der Waals surface area contributed by atoms with Crippen molar-refractivity contribution < 1.29 is 28.5 Å². The summed E-state index contributed by atoms with van der Waals surface area (Å²) in [5.74, 6) is 0.344. The van der Waals surface area contributed by atoms with E-state index in [1.807, 2.05) is 0 Å². The number of carbonyl (C=O) groups excluding carboxylic acids is 2. The van der Waals surface area contributed by atoms with Gasteiger partial charge in [0.05, 0.1) is 19.8 Å². The van der Waals surface area contributed by atoms with E-state index in [1.54, 1.807) is 45.2 Å². The summed E-state index contributed by atoms with van der Waals surface area (Å²) in [4.78, 5) is 26.8. The van der Waals surface area contributed by atoms with E-state index in [-0.39, 0.29) is 18.9 Å². The predicted octanol–water partition coefficient (Wildman–Crippen LogP) is 2.66. The molecule has 1 aromatic heterocycles. The van der Waals surface area contributed by atoms with E-state index in [9.17, 15) is 9.59 Å². The summed E-state index contributed by atoms with van der Waals surface area (Å²) in [6.07, 6.45) is 0. The number of rotatable bonds is 7. The van der Waals surface area contributed by atoms with Gasteiger partial charge in [0.2, 0.25) is 0 Å². The number of H-pyrrole nitrogens is 1. The van der Waals surface area contributed by atoms with Crippen molar-refractivity contribution in [2.75, 3.05) is 27.4 Å². The average molecular weight is 347 g/mol. The maximum absolute atomic E-state index is 12.2. The molecular formula is C18H21NO6. The van der Waals surface area contributed by atoms with Crippen LogP contribution in [0.4, 0.5) is 0 Å². The molecule has 0 bridgehead atoms. The topological polar surface area (TPSA) is 86.9 Å². The van der Waals surface area contributed by atoms with Gasteiger partial charge in [0.25, 0.3) is 0 Å². The van der Waals surface area contributed by atoms with Crippen molar-refractivity contribution in [2.24, 2.45) is 0 Å². The van der Waals surface area contributed by atoms with E-state index in [0.29, 0.717) is 22.6 Å². The molecule has 7 heteroatoms. The Balaban J connectivity index is 1.89. The van der Waals surface area contributed by atoms with E-state index in [1.165, 1.54) is 7.11 Å². The van der Waals surface area contributed by atoms with Gasteiger partial charge in [-0.15, -0.1) is 0 Å². The van der Waals surface area contributed by atoms with Crippen molar-refractivity contribution >= 4 is 11.9 Å². The molecule has 0 aliphatic carbocycles. The van der Waals surface area contributed by atoms with Gasteiger partial charge in [-0.1, -0.05) is 0 Å². The fraction of sp³-hybridized carbons (Fsp3) is 0.333. The number of aromatic amines is 1. The van der Waals surface area contributed by atoms with Crippen LogP contribution in [-0.2, 0) is 9.47 Å². The minimum absolute atomic E-state index is 0.0793. The average Bonchev–Trinajstić information content (AvgIpc) is 2.93. The standard InChI is InChI=1S/C18H21NO6/c1-11-15(17(20)23-4)12(2)19-16(11)18(21)25-10-9-24-14-7-5-13(22-3)6-8-14/h5-8,19H,9-10H2,1-4H3. The van der Waals surface area contributed by atoms with E-state index < -0.39 is 11.9 Å². The Kier molecular flexibility index (Phi) is 6.05. The first-order valence-corrected chi connectivity index (χ1v) is 7.69. The zero-order valence-electron chi connectivity index (χ0n) is 14.7. The molecule has 25 heavy (non-hydrogen) atoms. The van der Waals surface area contributed by atoms with Gasteiger partial charge in [-0.05, 0) is 43.7 Å². The van der Waals surface area contributed by atoms with Gasteiger partial charge in [-0.25, -0.2) is 9.59 Å². The Labute approximate surface area is 145 Å². The molecule has 7 nitrogen and oxygen atoms in total. The molecule has 134 valence electrons. The number of nitrogens with one attached hydrogen (secondary N) is 1. The lowest BCUT2D eigenvalue weighted by molar-refractivity contribution is 0.0443. The largest absolute Gasteiger partial charge is 0.497 e. The number of ether oxygens (including phenoxy) is 4. The first-order valence-electron chi connectivity index (χ1n) is 7.69. The smallest absolute Gasteiger partial charge is 0.355 e. The highest BCUT2D eigenvalue weighted by molar-refractivity contribution is 5.98. The van der Waals surface area contributed by atoms with Gasteiger partial charge < -0.3 is 23.9 Å². The van der Waals surface area contributed by atoms with Gasteiger partial charge in [0, 0.05) is 5.69 Å². The molecule has 0 amide bonds. The SMILES string of the molecule is COC(=O)c1c(C)[nH]c(C(=O)OCCOc2ccc(OC)cc2)c1C. The minimum atomic E-state index is -0.547. The van der Waals surface area contributed by atoms with Gasteiger partial charge in [0.1, 0.15) is 30.4 Å². The van der Waals surface area contributed by atoms with Crippen molar-refractivity contribution in [3.05, 3.63) is 46.8 Å². The summed E-state index contributed by atoms with van der Waals surface area (Å²) in [6.45, 7) is 3.65. The lowest BCUT2D eigenvalue weighted by atomic mass is 10.1. The van der Waals surface area contributed by atoms with Gasteiger partial charge in [0.15, 0.2) is 0 Å². The van der Waals surface area contributed by atoms with E-state index >= 15 is 0 Å². The number of hydrogen-bond acceptors (Lipinski definition) is 6. The lowest BCUT2D eigenvalue weighted by Crippen LogP contribution is -2.13. The van der Waals surface area contributed by atoms with Crippen LogP contribution < -0.4 is 9.47 Å². The van der Waals surface area contributed by atoms with Crippen LogP contribution in [0.3, 0.4) is 0 Å². The van der Waals surface area contributed by atoms with Crippen molar-refractivity contribution in [3.63, 3.8) is 0 Å². The molecule has 1 N–H and O–H groups in total. The predicted molar refractivity (Wildman–Crippen MR) is 90.4 cm³/mol. The molecule has 2 aromatic rings. The highest BCUT2D eigenvalue weighted by atomic mass is 16.6. The molecule has 0 fully saturated rings. The number of hydrogen-bond donors (Lipinski definition) is 1. The normalized spacial score (nSPS) is 10.2. The summed E-state index contributed by atoms with van der Waals surface area (Å²) < 4.78 is 20.5. The van der Waals surface area contributed by atoms with Crippen LogP contribution >= 0.6 is 0 Å². The third-order valence-electron chi connectivity index (χ3n) is 3.68. The number of aromatic nitrogens is 1. The number of benzene rings is 1. The third kappa shape index (κ3) is 4.32. The summed E-state index contributed by atoms with van der Waals surface area (Å²) in [6, 6.07) is 7.09. The quantitative estimate of drug-likeness (QED) is 0.612. The summed E-state index contributed by atoms with van der Waals surface area (Å²) in [5, 5.41) is 0. The zero-order valence-corrected chi connectivity index (χ0v) is 14.7. The second-order valence-electron chi connectivity index (χ2n) is 5.28. The van der Waals surface area contributed by atoms with Gasteiger partial charge >= 0.3 is 11.9 Å². The molecular weight excluding hydrogens is 326 g/mol. The Hall–Kier alpha value is -2.96. The van der Waals surface area contributed by atoms with E-state index in [0.717, 1.165) is 5.75 Å². The van der Waals surface area contributed by atoms with Crippen LogP contribution in [0.25, 0.3) is 0 Å². The van der Waals surface area contributed by atoms with Crippen LogP contribution in [0.2, 0.25) is 0 Å². The number of aryl methyl sites for hydroxylation is 1. The van der Waals surface area contributed by atoms with E-state index in [4.69, 9.17) is 18.9 Å². The molecule has 0 unspecified atom stereocenters. The molecule has 2 rings (SSSR count). The minimum Gasteiger partial charge on any atom is -0.497 e. The molecule has 0 saturated heterocycles. The van der Waals surface area contributed by atoms with Crippen molar-refractivity contribution in [3.8, 4) is 11.5 Å². The Morgan fingerprint density at radius 1 is 0.960 bits per heavy atom. The van der Waals surface area contributed by atoms with E-state index in [2.05, 4.69) is 4.98 Å². The molecule has 1 heterocycles. The highest BCUT2D eigenvalue weighted by Crippen LogP contribution is 2.20. The first kappa shape index (κ1) is 18.4. The van der Waals surface area contributed by atoms with Crippen LogP contribution in [0.15, 0.2) is 24.3 Å². The second kappa shape index (κ2) is 8.23. The number of esters is 2. The molecule has 0 aliphatic heterocycles. The number of methoxy groups -OCH3 is 2. The van der Waals surface area contributed by atoms with Gasteiger partial charge in [-0.3, -0.25) is 0 Å². The molecule has 0 atom stereocenters. The number of carbonyl (C=O) groups is 2. The Morgan fingerprint density at radius 2 is 1.60 bits per heavy atom. The summed E-state index contributed by atoms with van der Waals surface area (Å²) >= 11 is 0. The maximum Gasteiger partial charge on any atom is 0.355 e. The zero-order chi connectivity index (χ0) is 18.4. The van der Waals surface area contributed by atoms with Crippen molar-refractivity contribution in [1.82, 2.24) is 4.98 Å². The molecule has 1 aromatic carbocycles. The molecule has 0 radical (unpaired) electrons. The third-order valence-corrected chi connectivity index (χ3v) is 3.68. The first-order chi connectivity index (χ1) is 12.0. The summed E-state index contributed by atoms with van der Waals surface area (Å²) in [7, 11) is 2.88. The van der Waals surface area contributed by atoms with Crippen LogP contribution in [-0.4, -0.2) is 44.4 Å². The fourth-order valence-electron chi connectivity index (χ4n) is 2.40. The lowest BCUT2D eigenvalue weighted by Gasteiger charge is -2.08. The van der Waals surface area contributed by atoms with Crippen molar-refractivity contribution in [2.45, 2.75) is 13.8 Å². The Morgan fingerprint density at radius 3 is 2.20 bits per heavy atom. The van der Waals surface area contributed by atoms with Gasteiger partial charge in [-0.2, -0.15) is 0 Å².